The summed E-state index contributed by atoms with van der Waals surface area (Å²) in [5.74, 6) is 0.365. The molecule has 0 bridgehead atoms. The third-order valence-corrected chi connectivity index (χ3v) is 7.57. The first-order valence-electron chi connectivity index (χ1n) is 9.91. The van der Waals surface area contributed by atoms with E-state index in [4.69, 9.17) is 4.98 Å². The number of halogens is 1. The van der Waals surface area contributed by atoms with Crippen molar-refractivity contribution in [3.8, 4) is 5.69 Å². The van der Waals surface area contributed by atoms with Gasteiger partial charge < -0.3 is 4.90 Å². The van der Waals surface area contributed by atoms with E-state index >= 15 is 0 Å². The summed E-state index contributed by atoms with van der Waals surface area (Å²) in [5, 5.41) is 1.44. The van der Waals surface area contributed by atoms with E-state index < -0.39 is 0 Å². The number of likely N-dealkylation sites (N-methyl/N-ethyl adjacent to an activating group) is 1. The zero-order valence-corrected chi connectivity index (χ0v) is 18.2. The first kappa shape index (κ1) is 19.5. The van der Waals surface area contributed by atoms with Crippen LogP contribution in [-0.4, -0.2) is 23.1 Å². The predicted octanol–water partition coefficient (Wildman–Crippen LogP) is 3.45. The van der Waals surface area contributed by atoms with E-state index in [0.717, 1.165) is 41.0 Å². The van der Waals surface area contributed by atoms with Crippen LogP contribution >= 0.6 is 23.1 Å². The van der Waals surface area contributed by atoms with Crippen molar-refractivity contribution < 1.29 is 9.29 Å². The third-order valence-electron chi connectivity index (χ3n) is 5.44. The van der Waals surface area contributed by atoms with Gasteiger partial charge in [0, 0.05) is 12.2 Å². The highest BCUT2D eigenvalue weighted by molar-refractivity contribution is 7.98. The van der Waals surface area contributed by atoms with Gasteiger partial charge in [0.1, 0.15) is 17.2 Å². The highest BCUT2D eigenvalue weighted by Gasteiger charge is 2.26. The molecule has 0 amide bonds. The lowest BCUT2D eigenvalue weighted by atomic mass is 10.1. The van der Waals surface area contributed by atoms with Gasteiger partial charge in [-0.3, -0.25) is 9.36 Å². The van der Waals surface area contributed by atoms with Crippen LogP contribution in [0, 0.1) is 5.82 Å². The lowest BCUT2D eigenvalue weighted by Gasteiger charge is -2.19. The number of hydrogen-bond acceptors (Lipinski definition) is 4. The van der Waals surface area contributed by atoms with Gasteiger partial charge in [0.25, 0.3) is 5.56 Å². The molecular weight excluding hydrogens is 417 g/mol. The molecule has 1 aliphatic heterocycles. The molecule has 0 saturated carbocycles. The van der Waals surface area contributed by atoms with Crippen LogP contribution in [0.2, 0.25) is 0 Å². The molecule has 0 saturated heterocycles. The maximum absolute atomic E-state index is 13.7. The molecule has 1 unspecified atom stereocenters. The van der Waals surface area contributed by atoms with Crippen molar-refractivity contribution in [2.75, 3.05) is 13.6 Å². The Morgan fingerprint density at radius 1 is 1.17 bits per heavy atom. The molecule has 4 aromatic rings. The number of aromatic nitrogens is 2. The maximum atomic E-state index is 13.7. The molecule has 0 radical (unpaired) electrons. The predicted molar refractivity (Wildman–Crippen MR) is 120 cm³/mol. The molecule has 30 heavy (non-hydrogen) atoms. The van der Waals surface area contributed by atoms with Gasteiger partial charge in [0.15, 0.2) is 5.16 Å². The summed E-state index contributed by atoms with van der Waals surface area (Å²) in [7, 11) is 2.19. The number of thioether (sulfide) groups is 1. The smallest absolute Gasteiger partial charge is 0.267 e. The number of para-hydroxylation sites is 1. The molecule has 1 N–H and O–H groups in total. The largest absolute Gasteiger partial charge is 0.333 e. The molecule has 1 atom stereocenters. The number of thiophene rings is 1. The Labute approximate surface area is 182 Å². The molecule has 0 fully saturated rings. The molecule has 4 nitrogen and oxygen atoms in total. The van der Waals surface area contributed by atoms with Crippen LogP contribution < -0.4 is 10.5 Å². The van der Waals surface area contributed by atoms with Crippen molar-refractivity contribution in [1.29, 1.82) is 0 Å². The number of nitrogens with one attached hydrogen (secondary N) is 1. The van der Waals surface area contributed by atoms with E-state index in [1.54, 1.807) is 28.0 Å². The summed E-state index contributed by atoms with van der Waals surface area (Å²) in [6.07, 6.45) is 0.912. The zero-order chi connectivity index (χ0) is 20.7. The second kappa shape index (κ2) is 7.98. The highest BCUT2D eigenvalue weighted by atomic mass is 32.2. The van der Waals surface area contributed by atoms with Crippen molar-refractivity contribution in [3.05, 3.63) is 86.8 Å². The monoisotopic (exact) mass is 438 g/mol. The highest BCUT2D eigenvalue weighted by Crippen LogP contribution is 2.32. The van der Waals surface area contributed by atoms with Crippen LogP contribution in [0.15, 0.2) is 64.5 Å². The normalized spacial score (nSPS) is 16.0. The van der Waals surface area contributed by atoms with E-state index in [9.17, 15) is 9.18 Å². The second-order valence-corrected chi connectivity index (χ2v) is 9.63. The zero-order valence-electron chi connectivity index (χ0n) is 16.5. The molecule has 0 aliphatic carbocycles. The van der Waals surface area contributed by atoms with Gasteiger partial charge in [-0.15, -0.1) is 11.3 Å². The van der Waals surface area contributed by atoms with Crippen LogP contribution in [-0.2, 0) is 18.7 Å². The van der Waals surface area contributed by atoms with Crippen LogP contribution in [0.1, 0.15) is 16.0 Å². The summed E-state index contributed by atoms with van der Waals surface area (Å²) in [5.41, 5.74) is 2.99. The van der Waals surface area contributed by atoms with Gasteiger partial charge in [-0.1, -0.05) is 42.1 Å². The fraction of sp³-hybridized carbons (Fsp3) is 0.217. The molecule has 5 rings (SSSR count). The minimum absolute atomic E-state index is 0.00450. The molecule has 2 aromatic carbocycles. The van der Waals surface area contributed by atoms with Crippen molar-refractivity contribution >= 4 is 33.3 Å². The summed E-state index contributed by atoms with van der Waals surface area (Å²) >= 11 is 3.16. The van der Waals surface area contributed by atoms with E-state index in [1.165, 1.54) is 39.2 Å². The van der Waals surface area contributed by atoms with Gasteiger partial charge in [-0.05, 0) is 35.4 Å². The number of benzene rings is 2. The molecule has 7 heteroatoms. The Hall–Kier alpha value is -2.48. The van der Waals surface area contributed by atoms with E-state index in [1.807, 2.05) is 30.3 Å². The molecule has 152 valence electrons. The Balaban J connectivity index is 1.64. The van der Waals surface area contributed by atoms with Gasteiger partial charge in [-0.25, -0.2) is 9.37 Å². The van der Waals surface area contributed by atoms with Crippen LogP contribution in [0.3, 0.4) is 0 Å². The molecule has 3 heterocycles. The van der Waals surface area contributed by atoms with Crippen molar-refractivity contribution in [3.63, 3.8) is 0 Å². The number of hydrogen-bond donors (Lipinski definition) is 1. The molecule has 2 aromatic heterocycles. The average Bonchev–Trinajstić information content (AvgIpc) is 3.11. The van der Waals surface area contributed by atoms with Crippen LogP contribution in [0.4, 0.5) is 4.39 Å². The van der Waals surface area contributed by atoms with Gasteiger partial charge in [0.05, 0.1) is 29.5 Å². The number of quaternary nitrogens is 1. The second-order valence-electron chi connectivity index (χ2n) is 7.60. The number of fused-ring (bicyclic) bond motifs is 3. The van der Waals surface area contributed by atoms with Crippen molar-refractivity contribution in [2.45, 2.75) is 23.9 Å². The summed E-state index contributed by atoms with van der Waals surface area (Å²) in [4.78, 5) is 22.2. The SMILES string of the molecule is C[NH+]1CCc2c(sc3nc(SCc4ccc(F)cc4)n(-c4ccccc4)c(=O)c23)C1. The van der Waals surface area contributed by atoms with E-state index in [0.29, 0.717) is 10.9 Å². The Morgan fingerprint density at radius 3 is 2.70 bits per heavy atom. The molecule has 0 spiro atoms. The third kappa shape index (κ3) is 3.57. The Bertz CT molecular complexity index is 1270. The van der Waals surface area contributed by atoms with Gasteiger partial charge in [-0.2, -0.15) is 0 Å². The fourth-order valence-corrected chi connectivity index (χ4v) is 6.21. The standard InChI is InChI=1S/C23H20FN3OS2/c1-26-12-11-18-19(13-26)30-21-20(18)22(28)27(17-5-3-2-4-6-17)23(25-21)29-14-15-7-9-16(24)10-8-15/h2-10H,11-14H2,1H3/p+1. The average molecular weight is 439 g/mol. The van der Waals surface area contributed by atoms with Crippen molar-refractivity contribution in [2.24, 2.45) is 0 Å². The van der Waals surface area contributed by atoms with Crippen molar-refractivity contribution in [1.82, 2.24) is 9.55 Å². The summed E-state index contributed by atoms with van der Waals surface area (Å²) in [6.45, 7) is 1.98. The van der Waals surface area contributed by atoms with Crippen LogP contribution in [0.25, 0.3) is 15.9 Å². The number of nitrogens with zero attached hydrogens (tertiary/aromatic N) is 2. The van der Waals surface area contributed by atoms with Gasteiger partial charge in [0.2, 0.25) is 0 Å². The molecular formula is C23H21FN3OS2+. The Morgan fingerprint density at radius 2 is 1.93 bits per heavy atom. The fourth-order valence-electron chi connectivity index (χ4n) is 3.87. The molecule has 1 aliphatic rings. The minimum Gasteiger partial charge on any atom is -0.333 e. The van der Waals surface area contributed by atoms with E-state index in [2.05, 4.69) is 7.05 Å². The minimum atomic E-state index is -0.249. The summed E-state index contributed by atoms with van der Waals surface area (Å²) < 4.78 is 15.0. The lowest BCUT2D eigenvalue weighted by molar-refractivity contribution is -0.895. The lowest BCUT2D eigenvalue weighted by Crippen LogP contribution is -3.08. The topological polar surface area (TPSA) is 39.3 Å². The first-order valence-corrected chi connectivity index (χ1v) is 11.7. The first-order chi connectivity index (χ1) is 14.6. The Kier molecular flexibility index (Phi) is 5.18. The summed E-state index contributed by atoms with van der Waals surface area (Å²) in [6, 6.07) is 16.1. The number of rotatable bonds is 4. The van der Waals surface area contributed by atoms with Crippen LogP contribution in [0.5, 0.6) is 0 Å². The van der Waals surface area contributed by atoms with E-state index in [-0.39, 0.29) is 11.4 Å². The van der Waals surface area contributed by atoms with Gasteiger partial charge >= 0.3 is 0 Å². The maximum Gasteiger partial charge on any atom is 0.267 e. The quantitative estimate of drug-likeness (QED) is 0.392.